The van der Waals surface area contributed by atoms with Gasteiger partial charge in [-0.15, -0.1) is 0 Å². The Labute approximate surface area is 160 Å². The summed E-state index contributed by atoms with van der Waals surface area (Å²) in [5.41, 5.74) is 3.70. The molecule has 0 atom stereocenters. The molecule has 1 aliphatic rings. The van der Waals surface area contributed by atoms with Crippen LogP contribution in [0.1, 0.15) is 22.3 Å². The highest BCUT2D eigenvalue weighted by molar-refractivity contribution is 6.12. The summed E-state index contributed by atoms with van der Waals surface area (Å²) in [7, 11) is 0. The molecule has 0 saturated carbocycles. The molecule has 5 nitrogen and oxygen atoms in total. The summed E-state index contributed by atoms with van der Waals surface area (Å²) in [5.74, 6) is -0.498. The second kappa shape index (κ2) is 6.46. The Hall–Kier alpha value is -3.73. The molecule has 0 radical (unpaired) electrons. The van der Waals surface area contributed by atoms with Crippen molar-refractivity contribution in [3.63, 3.8) is 0 Å². The second-order valence-electron chi connectivity index (χ2n) is 6.73. The zero-order valence-corrected chi connectivity index (χ0v) is 15.0. The first-order chi connectivity index (χ1) is 13.7. The molecule has 0 bridgehead atoms. The Bertz CT molecular complexity index is 1320. The lowest BCUT2D eigenvalue weighted by atomic mass is 9.97. The van der Waals surface area contributed by atoms with Crippen molar-refractivity contribution in [3.05, 3.63) is 94.1 Å². The van der Waals surface area contributed by atoms with Gasteiger partial charge >= 0.3 is 5.97 Å². The maximum Gasteiger partial charge on any atom is 0.365 e. The number of aryl methyl sites for hydroxylation is 1. The van der Waals surface area contributed by atoms with Crippen molar-refractivity contribution in [2.45, 2.75) is 13.0 Å². The third kappa shape index (κ3) is 2.52. The zero-order valence-electron chi connectivity index (χ0n) is 15.0. The molecule has 28 heavy (non-hydrogen) atoms. The summed E-state index contributed by atoms with van der Waals surface area (Å²) in [5, 5.41) is 5.51. The van der Waals surface area contributed by atoms with Gasteiger partial charge in [0.2, 0.25) is 0 Å². The SMILES string of the molecule is O=C(O/N=C1\CCn2c3ccccc3c(=O)c3cccc1c32)c1ccccc1. The largest absolute Gasteiger partial charge is 0.365 e. The molecule has 1 aliphatic heterocycles. The van der Waals surface area contributed by atoms with Crippen LogP contribution in [-0.4, -0.2) is 16.2 Å². The molecule has 0 saturated heterocycles. The predicted octanol–water partition coefficient (Wildman–Crippen LogP) is 4.12. The highest BCUT2D eigenvalue weighted by Gasteiger charge is 2.22. The lowest BCUT2D eigenvalue weighted by Gasteiger charge is -2.23. The fraction of sp³-hybridized carbons (Fsp3) is 0.0870. The Morgan fingerprint density at radius 2 is 1.64 bits per heavy atom. The van der Waals surface area contributed by atoms with Crippen LogP contribution in [0.15, 0.2) is 82.7 Å². The van der Waals surface area contributed by atoms with Gasteiger partial charge < -0.3 is 9.40 Å². The number of fused-ring (bicyclic) bond motifs is 2. The van der Waals surface area contributed by atoms with Gasteiger partial charge in [-0.3, -0.25) is 4.79 Å². The number of carbonyl (C=O) groups excluding carboxylic acids is 1. The van der Waals surface area contributed by atoms with E-state index in [-0.39, 0.29) is 5.43 Å². The van der Waals surface area contributed by atoms with Gasteiger partial charge in [0.05, 0.1) is 22.3 Å². The lowest BCUT2D eigenvalue weighted by Crippen LogP contribution is -2.21. The molecule has 5 heteroatoms. The van der Waals surface area contributed by atoms with E-state index in [9.17, 15) is 9.59 Å². The predicted molar refractivity (Wildman–Crippen MR) is 109 cm³/mol. The first kappa shape index (κ1) is 16.4. The topological polar surface area (TPSA) is 60.7 Å². The van der Waals surface area contributed by atoms with E-state index in [4.69, 9.17) is 4.84 Å². The van der Waals surface area contributed by atoms with E-state index in [0.717, 1.165) is 16.6 Å². The van der Waals surface area contributed by atoms with Gasteiger partial charge in [0.1, 0.15) is 0 Å². The maximum atomic E-state index is 13.0. The third-order valence-corrected chi connectivity index (χ3v) is 5.12. The number of rotatable bonds is 2. The minimum atomic E-state index is -0.498. The van der Waals surface area contributed by atoms with Crippen LogP contribution in [0.5, 0.6) is 0 Å². The average molecular weight is 368 g/mol. The van der Waals surface area contributed by atoms with E-state index in [1.54, 1.807) is 24.3 Å². The van der Waals surface area contributed by atoms with Crippen LogP contribution in [0.4, 0.5) is 0 Å². The Morgan fingerprint density at radius 3 is 2.50 bits per heavy atom. The number of hydrogen-bond donors (Lipinski definition) is 0. The molecular formula is C23H16N2O3. The smallest absolute Gasteiger partial charge is 0.339 e. The van der Waals surface area contributed by atoms with Gasteiger partial charge in [-0.25, -0.2) is 4.79 Å². The van der Waals surface area contributed by atoms with Crippen molar-refractivity contribution in [3.8, 4) is 0 Å². The van der Waals surface area contributed by atoms with E-state index in [2.05, 4.69) is 9.72 Å². The molecule has 0 aliphatic carbocycles. The standard InChI is InChI=1S/C23H16N2O3/c26-22-17-9-4-5-12-20(17)25-14-13-19(16-10-6-11-18(22)21(16)25)24-28-23(27)15-7-2-1-3-8-15/h1-12H,13-14H2/b24-19+. The van der Waals surface area contributed by atoms with Crippen LogP contribution in [0.3, 0.4) is 0 Å². The molecule has 4 aromatic rings. The highest BCUT2D eigenvalue weighted by atomic mass is 16.7. The van der Waals surface area contributed by atoms with Gasteiger partial charge in [0, 0.05) is 29.3 Å². The van der Waals surface area contributed by atoms with Crippen LogP contribution in [-0.2, 0) is 11.4 Å². The molecule has 0 unspecified atom stereocenters. The number of para-hydroxylation sites is 2. The number of pyridine rings is 1. The van der Waals surface area contributed by atoms with Crippen molar-refractivity contribution in [1.82, 2.24) is 4.57 Å². The molecule has 0 spiro atoms. The molecule has 5 rings (SSSR count). The quantitative estimate of drug-likeness (QED) is 0.304. The molecular weight excluding hydrogens is 352 g/mol. The van der Waals surface area contributed by atoms with Gasteiger partial charge in [-0.2, -0.15) is 0 Å². The number of oxime groups is 1. The van der Waals surface area contributed by atoms with Crippen molar-refractivity contribution < 1.29 is 9.63 Å². The first-order valence-corrected chi connectivity index (χ1v) is 9.12. The average Bonchev–Trinajstić information content (AvgIpc) is 2.76. The molecule has 136 valence electrons. The van der Waals surface area contributed by atoms with Crippen molar-refractivity contribution in [2.75, 3.05) is 0 Å². The van der Waals surface area contributed by atoms with Crippen molar-refractivity contribution in [1.29, 1.82) is 0 Å². The molecule has 0 fully saturated rings. The van der Waals surface area contributed by atoms with E-state index < -0.39 is 5.97 Å². The fourth-order valence-electron chi connectivity index (χ4n) is 3.82. The van der Waals surface area contributed by atoms with Gasteiger partial charge in [0.25, 0.3) is 0 Å². The summed E-state index contributed by atoms with van der Waals surface area (Å²) in [6.45, 7) is 0.663. The second-order valence-corrected chi connectivity index (χ2v) is 6.73. The Balaban J connectivity index is 1.64. The summed E-state index contributed by atoms with van der Waals surface area (Å²) in [6.07, 6.45) is 0.612. The molecule has 1 aromatic heterocycles. The summed E-state index contributed by atoms with van der Waals surface area (Å²) < 4.78 is 2.15. The minimum absolute atomic E-state index is 0.00577. The minimum Gasteiger partial charge on any atom is -0.339 e. The van der Waals surface area contributed by atoms with Crippen molar-refractivity contribution >= 4 is 33.5 Å². The fourth-order valence-corrected chi connectivity index (χ4v) is 3.82. The van der Waals surface area contributed by atoms with Gasteiger partial charge in [-0.05, 0) is 30.3 Å². The number of aromatic nitrogens is 1. The monoisotopic (exact) mass is 368 g/mol. The van der Waals surface area contributed by atoms with E-state index in [0.29, 0.717) is 35.0 Å². The molecule has 2 heterocycles. The Kier molecular flexibility index (Phi) is 3.79. The number of hydrogen-bond acceptors (Lipinski definition) is 4. The number of carbonyl (C=O) groups is 1. The highest BCUT2D eigenvalue weighted by Crippen LogP contribution is 2.28. The number of benzene rings is 3. The number of nitrogens with zero attached hydrogens (tertiary/aromatic N) is 2. The first-order valence-electron chi connectivity index (χ1n) is 9.12. The van der Waals surface area contributed by atoms with Gasteiger partial charge in [0.15, 0.2) is 5.43 Å². The maximum absolute atomic E-state index is 13.0. The van der Waals surface area contributed by atoms with Crippen LogP contribution < -0.4 is 5.43 Å². The third-order valence-electron chi connectivity index (χ3n) is 5.12. The summed E-state index contributed by atoms with van der Waals surface area (Å²) in [4.78, 5) is 30.4. The normalized spacial score (nSPS) is 14.5. The molecule has 3 aromatic carbocycles. The van der Waals surface area contributed by atoms with Crippen LogP contribution in [0.25, 0.3) is 21.8 Å². The van der Waals surface area contributed by atoms with E-state index in [1.165, 1.54) is 0 Å². The summed E-state index contributed by atoms with van der Waals surface area (Å²) >= 11 is 0. The van der Waals surface area contributed by atoms with E-state index >= 15 is 0 Å². The van der Waals surface area contributed by atoms with Gasteiger partial charge in [-0.1, -0.05) is 47.6 Å². The van der Waals surface area contributed by atoms with E-state index in [1.807, 2.05) is 48.5 Å². The van der Waals surface area contributed by atoms with Crippen LogP contribution in [0, 0.1) is 0 Å². The van der Waals surface area contributed by atoms with Crippen LogP contribution >= 0.6 is 0 Å². The lowest BCUT2D eigenvalue weighted by molar-refractivity contribution is 0.0515. The van der Waals surface area contributed by atoms with Crippen molar-refractivity contribution in [2.24, 2.45) is 5.16 Å². The molecule has 0 amide bonds. The zero-order chi connectivity index (χ0) is 19.1. The summed E-state index contributed by atoms with van der Waals surface area (Å²) in [6, 6.07) is 22.0. The Morgan fingerprint density at radius 1 is 0.893 bits per heavy atom. The molecule has 0 N–H and O–H groups in total. The van der Waals surface area contributed by atoms with Crippen LogP contribution in [0.2, 0.25) is 0 Å².